The van der Waals surface area contributed by atoms with Crippen molar-refractivity contribution in [3.8, 4) is 5.75 Å². The van der Waals surface area contributed by atoms with Crippen LogP contribution >= 0.6 is 0 Å². The molecule has 1 saturated carbocycles. The number of hydrogen-bond donors (Lipinski definition) is 1. The Hall–Kier alpha value is -3.07. The number of ether oxygens (including phenoxy) is 1. The van der Waals surface area contributed by atoms with E-state index < -0.39 is 16.1 Å². The first-order valence-electron chi connectivity index (χ1n) is 13.6. The van der Waals surface area contributed by atoms with Gasteiger partial charge in [-0.3, -0.25) is 13.9 Å². The van der Waals surface area contributed by atoms with Crippen LogP contribution in [0, 0.1) is 0 Å². The van der Waals surface area contributed by atoms with Gasteiger partial charge >= 0.3 is 0 Å². The third-order valence-corrected chi connectivity index (χ3v) is 8.07. The number of sulfonamides is 1. The highest BCUT2D eigenvalue weighted by atomic mass is 32.2. The lowest BCUT2D eigenvalue weighted by Crippen LogP contribution is -2.51. The molecule has 2 aromatic rings. The number of nitrogens with one attached hydrogen (secondary N) is 1. The molecule has 1 fully saturated rings. The number of anilines is 1. The molecule has 2 aromatic carbocycles. The molecule has 1 atom stereocenters. The summed E-state index contributed by atoms with van der Waals surface area (Å²) in [4.78, 5) is 28.4. The van der Waals surface area contributed by atoms with Gasteiger partial charge in [0, 0.05) is 25.6 Å². The number of nitrogens with zero attached hydrogens (tertiary/aromatic N) is 2. The zero-order chi connectivity index (χ0) is 27.5. The number of rotatable bonds is 14. The van der Waals surface area contributed by atoms with E-state index in [1.165, 1.54) is 4.31 Å². The Morgan fingerprint density at radius 2 is 1.68 bits per heavy atom. The van der Waals surface area contributed by atoms with E-state index in [9.17, 15) is 18.0 Å². The molecule has 9 heteroatoms. The molecule has 3 rings (SSSR count). The summed E-state index contributed by atoms with van der Waals surface area (Å²) >= 11 is 0. The van der Waals surface area contributed by atoms with Crippen molar-refractivity contribution in [1.29, 1.82) is 0 Å². The van der Waals surface area contributed by atoms with Crippen molar-refractivity contribution in [2.24, 2.45) is 0 Å². The molecule has 0 aliphatic heterocycles. The summed E-state index contributed by atoms with van der Waals surface area (Å²) in [6.45, 7) is 4.81. The van der Waals surface area contributed by atoms with Gasteiger partial charge in [0.1, 0.15) is 11.8 Å². The summed E-state index contributed by atoms with van der Waals surface area (Å²) in [6, 6.07) is 16.1. The molecule has 8 nitrogen and oxygen atoms in total. The van der Waals surface area contributed by atoms with E-state index in [0.29, 0.717) is 37.4 Å². The lowest BCUT2D eigenvalue weighted by atomic mass is 10.1. The molecule has 0 bridgehead atoms. The van der Waals surface area contributed by atoms with Gasteiger partial charge in [0.05, 0.1) is 18.6 Å². The van der Waals surface area contributed by atoms with Crippen LogP contribution in [0.4, 0.5) is 5.69 Å². The fourth-order valence-corrected chi connectivity index (χ4v) is 5.91. The van der Waals surface area contributed by atoms with Gasteiger partial charge in [-0.2, -0.15) is 0 Å². The predicted molar refractivity (Wildman–Crippen MR) is 151 cm³/mol. The summed E-state index contributed by atoms with van der Waals surface area (Å²) in [5, 5.41) is 3.15. The summed E-state index contributed by atoms with van der Waals surface area (Å²) in [6.07, 6.45) is 6.28. The molecule has 2 amide bonds. The standard InChI is InChI=1S/C29H41N3O5S/c1-4-27(29(34)30-24-14-9-10-15-24)31(22-23-12-7-6-8-13-23)28(33)16-11-21-32(38(3,35)36)25-17-19-26(20-18-25)37-5-2/h6-8,12-13,17-20,24,27H,4-5,9-11,14-16,21-22H2,1-3H3,(H,30,34)/t27-/m1/s1. The van der Waals surface area contributed by atoms with Gasteiger partial charge in [0.15, 0.2) is 0 Å². The van der Waals surface area contributed by atoms with E-state index in [-0.39, 0.29) is 30.8 Å². The Kier molecular flexibility index (Phi) is 11.0. The molecule has 0 radical (unpaired) electrons. The van der Waals surface area contributed by atoms with E-state index >= 15 is 0 Å². The van der Waals surface area contributed by atoms with Gasteiger partial charge in [-0.15, -0.1) is 0 Å². The molecule has 0 unspecified atom stereocenters. The number of benzene rings is 2. The van der Waals surface area contributed by atoms with Gasteiger partial charge < -0.3 is 15.0 Å². The van der Waals surface area contributed by atoms with Gasteiger partial charge in [0.2, 0.25) is 21.8 Å². The first-order chi connectivity index (χ1) is 18.2. The van der Waals surface area contributed by atoms with Crippen LogP contribution in [0.15, 0.2) is 54.6 Å². The quantitative estimate of drug-likeness (QED) is 0.379. The Labute approximate surface area is 227 Å². The van der Waals surface area contributed by atoms with E-state index in [1.807, 2.05) is 44.2 Å². The Balaban J connectivity index is 1.71. The van der Waals surface area contributed by atoms with Crippen molar-refractivity contribution < 1.29 is 22.7 Å². The summed E-state index contributed by atoms with van der Waals surface area (Å²) in [5.74, 6) is 0.385. The van der Waals surface area contributed by atoms with Gasteiger partial charge in [-0.1, -0.05) is 50.1 Å². The minimum atomic E-state index is -3.55. The highest BCUT2D eigenvalue weighted by molar-refractivity contribution is 7.92. The lowest BCUT2D eigenvalue weighted by Gasteiger charge is -2.32. The largest absolute Gasteiger partial charge is 0.494 e. The predicted octanol–water partition coefficient (Wildman–Crippen LogP) is 4.50. The van der Waals surface area contributed by atoms with Crippen LogP contribution in [0.3, 0.4) is 0 Å². The van der Waals surface area contributed by atoms with Crippen molar-refractivity contribution in [3.63, 3.8) is 0 Å². The highest BCUT2D eigenvalue weighted by Gasteiger charge is 2.30. The van der Waals surface area contributed by atoms with Crippen molar-refractivity contribution in [2.75, 3.05) is 23.7 Å². The number of carbonyl (C=O) groups excluding carboxylic acids is 2. The summed E-state index contributed by atoms with van der Waals surface area (Å²) in [7, 11) is -3.55. The first-order valence-corrected chi connectivity index (χ1v) is 15.4. The van der Waals surface area contributed by atoms with E-state index in [4.69, 9.17) is 4.74 Å². The Bertz CT molecular complexity index is 1130. The fourth-order valence-electron chi connectivity index (χ4n) is 4.95. The van der Waals surface area contributed by atoms with Crippen molar-refractivity contribution in [1.82, 2.24) is 10.2 Å². The average Bonchev–Trinajstić information content (AvgIpc) is 3.40. The average molecular weight is 544 g/mol. The molecule has 0 heterocycles. The zero-order valence-electron chi connectivity index (χ0n) is 22.8. The second-order valence-electron chi connectivity index (χ2n) is 9.79. The van der Waals surface area contributed by atoms with Crippen molar-refractivity contribution >= 4 is 27.5 Å². The van der Waals surface area contributed by atoms with Gasteiger partial charge in [-0.05, 0) is 62.4 Å². The first kappa shape index (κ1) is 29.5. The second kappa shape index (κ2) is 14.2. The second-order valence-corrected chi connectivity index (χ2v) is 11.7. The molecular formula is C29H41N3O5S. The maximum Gasteiger partial charge on any atom is 0.243 e. The molecule has 0 aromatic heterocycles. The Morgan fingerprint density at radius 1 is 1.03 bits per heavy atom. The molecule has 0 saturated heterocycles. The van der Waals surface area contributed by atoms with E-state index in [2.05, 4.69) is 5.32 Å². The number of amides is 2. The molecule has 1 aliphatic rings. The molecule has 1 aliphatic carbocycles. The number of carbonyl (C=O) groups is 2. The van der Waals surface area contributed by atoms with E-state index in [1.54, 1.807) is 29.2 Å². The zero-order valence-corrected chi connectivity index (χ0v) is 23.6. The topological polar surface area (TPSA) is 96.0 Å². The van der Waals surface area contributed by atoms with Crippen molar-refractivity contribution in [2.45, 2.75) is 77.4 Å². The molecule has 1 N–H and O–H groups in total. The van der Waals surface area contributed by atoms with E-state index in [0.717, 1.165) is 37.5 Å². The highest BCUT2D eigenvalue weighted by Crippen LogP contribution is 2.23. The SMILES string of the molecule is CCOc1ccc(N(CCCC(=O)N(Cc2ccccc2)[C@H](CC)C(=O)NC2CCCC2)S(C)(=O)=O)cc1. The van der Waals surface area contributed by atoms with Crippen LogP contribution < -0.4 is 14.4 Å². The van der Waals surface area contributed by atoms with Crippen LogP contribution in [-0.4, -0.2) is 56.6 Å². The molecule has 208 valence electrons. The Morgan fingerprint density at radius 3 is 2.26 bits per heavy atom. The maximum absolute atomic E-state index is 13.5. The summed E-state index contributed by atoms with van der Waals surface area (Å²) < 4.78 is 31.9. The summed E-state index contributed by atoms with van der Waals surface area (Å²) in [5.41, 5.74) is 1.46. The van der Waals surface area contributed by atoms with Crippen LogP contribution in [0.2, 0.25) is 0 Å². The molecule has 38 heavy (non-hydrogen) atoms. The molecule has 0 spiro atoms. The van der Waals surface area contributed by atoms with Crippen LogP contribution in [0.25, 0.3) is 0 Å². The minimum Gasteiger partial charge on any atom is -0.494 e. The monoisotopic (exact) mass is 543 g/mol. The van der Waals surface area contributed by atoms with Crippen LogP contribution in [-0.2, 0) is 26.2 Å². The lowest BCUT2D eigenvalue weighted by molar-refractivity contribution is -0.141. The van der Waals surface area contributed by atoms with Crippen LogP contribution in [0.1, 0.15) is 64.4 Å². The smallest absolute Gasteiger partial charge is 0.243 e. The third kappa shape index (κ3) is 8.48. The fraction of sp³-hybridized carbons (Fsp3) is 0.517. The van der Waals surface area contributed by atoms with Crippen molar-refractivity contribution in [3.05, 3.63) is 60.2 Å². The van der Waals surface area contributed by atoms with Crippen LogP contribution in [0.5, 0.6) is 5.75 Å². The van der Waals surface area contributed by atoms with Gasteiger partial charge in [0.25, 0.3) is 0 Å². The minimum absolute atomic E-state index is 0.115. The normalized spacial score (nSPS) is 14.6. The third-order valence-electron chi connectivity index (χ3n) is 6.87. The van der Waals surface area contributed by atoms with Gasteiger partial charge in [-0.25, -0.2) is 8.42 Å². The molecular weight excluding hydrogens is 502 g/mol. The number of hydrogen-bond acceptors (Lipinski definition) is 5. The maximum atomic E-state index is 13.5.